The van der Waals surface area contributed by atoms with Crippen LogP contribution in [0.3, 0.4) is 0 Å². The number of allylic oxidation sites excluding steroid dienone is 1. The maximum absolute atomic E-state index is 12.4. The minimum absolute atomic E-state index is 0.0596. The van der Waals surface area contributed by atoms with Crippen LogP contribution in [0, 0.1) is 0 Å². The number of amides is 1. The van der Waals surface area contributed by atoms with Crippen molar-refractivity contribution >= 4 is 5.91 Å². The lowest BCUT2D eigenvalue weighted by Gasteiger charge is -2.20. The van der Waals surface area contributed by atoms with Crippen LogP contribution in [0.1, 0.15) is 245 Å². The number of unbranched alkanes of at least 4 members (excludes halogenated alkanes) is 33. The van der Waals surface area contributed by atoms with Crippen LogP contribution in [-0.2, 0) is 4.79 Å². The molecular weight excluding hydrogens is 590 g/mol. The summed E-state index contributed by atoms with van der Waals surface area (Å²) in [6.45, 7) is 4.32. The Morgan fingerprint density at radius 2 is 0.771 bits per heavy atom. The summed E-state index contributed by atoms with van der Waals surface area (Å²) in [7, 11) is 0. The zero-order valence-electron chi connectivity index (χ0n) is 32.8. The molecule has 0 heterocycles. The second kappa shape index (κ2) is 40.6. The van der Waals surface area contributed by atoms with Gasteiger partial charge < -0.3 is 15.5 Å². The number of aliphatic hydroxyl groups is 2. The zero-order chi connectivity index (χ0) is 35.0. The van der Waals surface area contributed by atoms with Gasteiger partial charge in [-0.05, 0) is 19.3 Å². The van der Waals surface area contributed by atoms with Gasteiger partial charge in [0.15, 0.2) is 0 Å². The normalized spacial score (nSPS) is 13.0. The van der Waals surface area contributed by atoms with Crippen molar-refractivity contribution in [3.8, 4) is 0 Å². The Bertz CT molecular complexity index is 651. The van der Waals surface area contributed by atoms with E-state index >= 15 is 0 Å². The van der Waals surface area contributed by atoms with E-state index in [0.717, 1.165) is 25.7 Å². The predicted molar refractivity (Wildman–Crippen MR) is 212 cm³/mol. The fourth-order valence-electron chi connectivity index (χ4n) is 6.89. The molecule has 0 saturated heterocycles. The Morgan fingerprint density at radius 3 is 1.08 bits per heavy atom. The van der Waals surface area contributed by atoms with E-state index in [9.17, 15) is 15.0 Å². The first-order valence-electron chi connectivity index (χ1n) is 21.9. The molecule has 286 valence electrons. The third kappa shape index (κ3) is 36.4. The van der Waals surface area contributed by atoms with Crippen molar-refractivity contribution in [1.82, 2.24) is 5.32 Å². The Kier molecular flexibility index (Phi) is 39.8. The van der Waals surface area contributed by atoms with E-state index in [1.807, 2.05) is 6.08 Å². The molecular formula is C44H87NO3. The molecule has 3 N–H and O–H groups in total. The Morgan fingerprint density at radius 1 is 0.479 bits per heavy atom. The second-order valence-corrected chi connectivity index (χ2v) is 15.1. The SMILES string of the molecule is CCCCCCCCCCCCCC/C=C/[C@@H](O)[C@H](CO)NC(=O)CCCCCCCCCCCCCCCCCCCCCCCC. The molecule has 0 spiro atoms. The molecule has 0 radical (unpaired) electrons. The van der Waals surface area contributed by atoms with Gasteiger partial charge in [0.25, 0.3) is 0 Å². The van der Waals surface area contributed by atoms with Gasteiger partial charge in [-0.15, -0.1) is 0 Å². The highest BCUT2D eigenvalue weighted by Gasteiger charge is 2.17. The molecule has 2 atom stereocenters. The summed E-state index contributed by atoms with van der Waals surface area (Å²) >= 11 is 0. The summed E-state index contributed by atoms with van der Waals surface area (Å²) in [5.41, 5.74) is 0. The van der Waals surface area contributed by atoms with Gasteiger partial charge in [-0.25, -0.2) is 0 Å². The number of nitrogens with one attached hydrogen (secondary N) is 1. The van der Waals surface area contributed by atoms with Crippen LogP contribution in [0.4, 0.5) is 0 Å². The average molecular weight is 678 g/mol. The first-order valence-corrected chi connectivity index (χ1v) is 21.9. The molecule has 0 aromatic rings. The fourth-order valence-corrected chi connectivity index (χ4v) is 6.89. The third-order valence-electron chi connectivity index (χ3n) is 10.3. The first-order chi connectivity index (χ1) is 23.7. The monoisotopic (exact) mass is 678 g/mol. The highest BCUT2D eigenvalue weighted by atomic mass is 16.3. The summed E-state index contributed by atoms with van der Waals surface area (Å²) in [4.78, 5) is 12.4. The number of carbonyl (C=O) groups is 1. The van der Waals surface area contributed by atoms with Crippen LogP contribution in [-0.4, -0.2) is 34.9 Å². The van der Waals surface area contributed by atoms with Crippen LogP contribution >= 0.6 is 0 Å². The fraction of sp³-hybridized carbons (Fsp3) is 0.932. The zero-order valence-corrected chi connectivity index (χ0v) is 32.8. The standard InChI is InChI=1S/C44H87NO3/c1-3-5-7-9-11-13-15-17-19-20-21-22-23-24-25-26-28-30-32-34-36-38-40-44(48)45-42(41-46)43(47)39-37-35-33-31-29-27-18-16-14-12-10-8-6-4-2/h37,39,42-43,46-47H,3-36,38,40-41H2,1-2H3,(H,45,48)/b39-37+/t42-,43+/m0/s1. The van der Waals surface area contributed by atoms with E-state index in [2.05, 4.69) is 19.2 Å². The van der Waals surface area contributed by atoms with Gasteiger partial charge in [0.1, 0.15) is 0 Å². The van der Waals surface area contributed by atoms with E-state index in [1.54, 1.807) is 6.08 Å². The van der Waals surface area contributed by atoms with Gasteiger partial charge in [0, 0.05) is 6.42 Å². The highest BCUT2D eigenvalue weighted by Crippen LogP contribution is 2.16. The topological polar surface area (TPSA) is 69.6 Å². The molecule has 0 rings (SSSR count). The van der Waals surface area contributed by atoms with E-state index in [4.69, 9.17) is 0 Å². The summed E-state index contributed by atoms with van der Waals surface area (Å²) in [6, 6.07) is -0.615. The molecule has 0 aromatic carbocycles. The molecule has 4 nitrogen and oxygen atoms in total. The lowest BCUT2D eigenvalue weighted by Crippen LogP contribution is -2.45. The Balaban J connectivity index is 3.50. The van der Waals surface area contributed by atoms with Gasteiger partial charge in [-0.3, -0.25) is 4.79 Å². The van der Waals surface area contributed by atoms with Gasteiger partial charge in [0.2, 0.25) is 5.91 Å². The number of hydrogen-bond acceptors (Lipinski definition) is 3. The van der Waals surface area contributed by atoms with Crippen molar-refractivity contribution in [2.24, 2.45) is 0 Å². The maximum Gasteiger partial charge on any atom is 0.220 e. The van der Waals surface area contributed by atoms with Crippen molar-refractivity contribution in [3.05, 3.63) is 12.2 Å². The molecule has 1 amide bonds. The Labute approximate surface area is 301 Å². The van der Waals surface area contributed by atoms with Crippen molar-refractivity contribution < 1.29 is 15.0 Å². The van der Waals surface area contributed by atoms with Gasteiger partial charge in [-0.2, -0.15) is 0 Å². The summed E-state index contributed by atoms with van der Waals surface area (Å²) in [5, 5.41) is 23.0. The average Bonchev–Trinajstić information content (AvgIpc) is 3.09. The minimum atomic E-state index is -0.833. The van der Waals surface area contributed by atoms with E-state index in [-0.39, 0.29) is 12.5 Å². The molecule has 0 aliphatic carbocycles. The van der Waals surface area contributed by atoms with Crippen molar-refractivity contribution in [2.75, 3.05) is 6.61 Å². The second-order valence-electron chi connectivity index (χ2n) is 15.1. The minimum Gasteiger partial charge on any atom is -0.394 e. The maximum atomic E-state index is 12.4. The van der Waals surface area contributed by atoms with Crippen molar-refractivity contribution in [2.45, 2.75) is 257 Å². The summed E-state index contributed by atoms with van der Waals surface area (Å²) in [5.74, 6) is -0.0596. The van der Waals surface area contributed by atoms with Crippen LogP contribution in [0.25, 0.3) is 0 Å². The highest BCUT2D eigenvalue weighted by molar-refractivity contribution is 5.76. The number of carbonyl (C=O) groups excluding carboxylic acids is 1. The van der Waals surface area contributed by atoms with Gasteiger partial charge in [-0.1, -0.05) is 231 Å². The molecule has 48 heavy (non-hydrogen) atoms. The molecule has 0 fully saturated rings. The number of aliphatic hydroxyl groups excluding tert-OH is 2. The van der Waals surface area contributed by atoms with Crippen LogP contribution < -0.4 is 5.32 Å². The molecule has 0 saturated carbocycles. The molecule has 4 heteroatoms. The smallest absolute Gasteiger partial charge is 0.220 e. The van der Waals surface area contributed by atoms with Crippen molar-refractivity contribution in [3.63, 3.8) is 0 Å². The van der Waals surface area contributed by atoms with E-state index in [0.29, 0.717) is 6.42 Å². The molecule has 0 bridgehead atoms. The first kappa shape index (κ1) is 47.1. The summed E-state index contributed by atoms with van der Waals surface area (Å²) < 4.78 is 0. The quantitative estimate of drug-likeness (QED) is 0.0446. The molecule has 0 aliphatic heterocycles. The third-order valence-corrected chi connectivity index (χ3v) is 10.3. The van der Waals surface area contributed by atoms with Crippen molar-refractivity contribution in [1.29, 1.82) is 0 Å². The summed E-state index contributed by atoms with van der Waals surface area (Å²) in [6.07, 6.45) is 50.3. The molecule has 0 unspecified atom stereocenters. The largest absolute Gasteiger partial charge is 0.394 e. The molecule has 0 aromatic heterocycles. The number of hydrogen-bond donors (Lipinski definition) is 3. The predicted octanol–water partition coefficient (Wildman–Crippen LogP) is 13.5. The van der Waals surface area contributed by atoms with Gasteiger partial charge >= 0.3 is 0 Å². The van der Waals surface area contributed by atoms with Crippen LogP contribution in [0.15, 0.2) is 12.2 Å². The van der Waals surface area contributed by atoms with Crippen LogP contribution in [0.5, 0.6) is 0 Å². The lowest BCUT2D eigenvalue weighted by atomic mass is 10.0. The van der Waals surface area contributed by atoms with Crippen LogP contribution in [0.2, 0.25) is 0 Å². The van der Waals surface area contributed by atoms with E-state index in [1.165, 1.54) is 199 Å². The van der Waals surface area contributed by atoms with E-state index < -0.39 is 12.1 Å². The Hall–Kier alpha value is -0.870. The molecule has 0 aliphatic rings. The number of rotatable bonds is 40. The lowest BCUT2D eigenvalue weighted by molar-refractivity contribution is -0.123. The van der Waals surface area contributed by atoms with Gasteiger partial charge in [0.05, 0.1) is 18.8 Å².